The first-order chi connectivity index (χ1) is 60.5. The summed E-state index contributed by atoms with van der Waals surface area (Å²) in [6.45, 7) is 30.2. The second kappa shape index (κ2) is 72.8. The summed E-state index contributed by atoms with van der Waals surface area (Å²) in [5.41, 5.74) is 14.6. The van der Waals surface area contributed by atoms with Gasteiger partial charge in [0.2, 0.25) is 25.4 Å². The first kappa shape index (κ1) is 114. The van der Waals surface area contributed by atoms with E-state index in [1.54, 1.807) is 71.0 Å². The Labute approximate surface area is 781 Å². The zero-order valence-corrected chi connectivity index (χ0v) is 83.1. The van der Waals surface area contributed by atoms with Crippen molar-refractivity contribution in [3.63, 3.8) is 0 Å². The minimum atomic E-state index is -1.31. The number of aromatic nitrogens is 1. The number of fused-ring (bicyclic) bond motifs is 6. The molecule has 0 fully saturated rings. The number of amides is 5. The fourth-order valence-corrected chi connectivity index (χ4v) is 21.8. The molecule has 5 aromatic rings. The van der Waals surface area contributed by atoms with Gasteiger partial charge in [0, 0.05) is 155 Å². The third-order valence-electron chi connectivity index (χ3n) is 18.1. The Morgan fingerprint density at radius 1 is 0.504 bits per heavy atom. The molecule has 1 aromatic heterocycles. The molecule has 1 heterocycles. The predicted octanol–water partition coefficient (Wildman–Crippen LogP) is 18.4. The highest BCUT2D eigenvalue weighted by atomic mass is 35.7. The topological polar surface area (TPSA) is 353 Å². The smallest absolute Gasteiger partial charge is 0.407 e. The molecule has 698 valence electrons. The van der Waals surface area contributed by atoms with Crippen LogP contribution in [0.15, 0.2) is 126 Å². The van der Waals surface area contributed by atoms with E-state index in [9.17, 15) is 34.2 Å². The normalized spacial score (nSPS) is 13.0. The van der Waals surface area contributed by atoms with Crippen molar-refractivity contribution in [2.24, 2.45) is 5.73 Å². The molecule has 7 rings (SSSR count). The second-order valence-corrected chi connectivity index (χ2v) is 41.0. The third kappa shape index (κ3) is 50.4. The first-order valence-electron chi connectivity index (χ1n) is 43.1. The maximum absolute atomic E-state index is 12.3. The first-order valence-corrected chi connectivity index (χ1v) is 54.2. The van der Waals surface area contributed by atoms with E-state index in [1.807, 2.05) is 86.6 Å². The number of carbonyl (C=O) groups excluding carboxylic acids is 5. The monoisotopic (exact) mass is 1920 g/mol. The van der Waals surface area contributed by atoms with Crippen LogP contribution in [0.1, 0.15) is 181 Å². The Kier molecular flexibility index (Phi) is 66.5. The minimum absolute atomic E-state index is 0.0160. The predicted molar refractivity (Wildman–Crippen MR) is 525 cm³/mol. The van der Waals surface area contributed by atoms with Gasteiger partial charge < -0.3 is 79.8 Å². The third-order valence-corrected chi connectivity index (χ3v) is 30.2. The molecule has 5 atom stereocenters. The Bertz CT molecular complexity index is 3700. The number of hydrogen-bond donors (Lipinski definition) is 9. The van der Waals surface area contributed by atoms with Crippen molar-refractivity contribution in [3.8, 4) is 34.4 Å². The molecule has 0 radical (unpaired) electrons. The van der Waals surface area contributed by atoms with Gasteiger partial charge in [0.05, 0.1) is 76.3 Å². The molecule has 125 heavy (non-hydrogen) atoms. The number of thiol groups is 1. The molecule has 0 saturated carbocycles. The van der Waals surface area contributed by atoms with Gasteiger partial charge in [-0.25, -0.2) is 23.9 Å². The van der Waals surface area contributed by atoms with Crippen molar-refractivity contribution in [2.45, 2.75) is 206 Å². The van der Waals surface area contributed by atoms with Gasteiger partial charge in [-0.05, 0) is 173 Å². The molecule has 5 amide bonds. The van der Waals surface area contributed by atoms with Crippen molar-refractivity contribution in [1.82, 2.24) is 40.9 Å². The van der Waals surface area contributed by atoms with Gasteiger partial charge in [-0.3, -0.25) is 14.4 Å². The number of halogens is 1. The van der Waals surface area contributed by atoms with Crippen LogP contribution in [-0.2, 0) is 51.6 Å². The average Bonchev–Trinajstić information content (AvgIpc) is 1.62. The Morgan fingerprint density at radius 2 is 0.872 bits per heavy atom. The number of aliphatic hydroxyl groups is 2. The lowest BCUT2D eigenvalue weighted by molar-refractivity contribution is -0.121. The largest absolute Gasteiger partial charge is 0.449 e. The lowest BCUT2D eigenvalue weighted by Crippen LogP contribution is -2.35. The summed E-state index contributed by atoms with van der Waals surface area (Å²) in [4.78, 5) is 64.4. The summed E-state index contributed by atoms with van der Waals surface area (Å²) in [7, 11) is 7.31. The van der Waals surface area contributed by atoms with E-state index in [-0.39, 0.29) is 53.8 Å². The van der Waals surface area contributed by atoms with E-state index in [0.29, 0.717) is 180 Å². The summed E-state index contributed by atoms with van der Waals surface area (Å²) in [6.07, 6.45) is 6.49. The Hall–Kier alpha value is -4.88. The zero-order valence-electron chi connectivity index (χ0n) is 74.8. The van der Waals surface area contributed by atoms with Gasteiger partial charge in [0.25, 0.3) is 8.53 Å². The summed E-state index contributed by atoms with van der Waals surface area (Å²) in [5.74, 6) is 4.60. The van der Waals surface area contributed by atoms with Gasteiger partial charge in [0.15, 0.2) is 0 Å². The average molecular weight is 1920 g/mol. The lowest BCUT2D eigenvalue weighted by Gasteiger charge is -2.37. The standard InChI is InChI=1S/C36H53N4O6PS2.C27H36N2O5S2.C15H24N2O3S2.C9H18ClN2OP.C2H7NS/c1-6-29(46-47(45-22-11-18-37)40(27(2)3)28(4)5)25-43-21-12-19-38-35(41)17-23-48-49-24-20-39-36(42)44-26-34-32-15-9-7-13-30(32)31-14-8-10-16-33(31)34;1-2-20(30)18-33-15-7-13-28-26(31)12-16-35-36-17-14-29-27(32)34-19-25-23-10-5-3-8-21(23)22-9-4-6-11-24(22)25;1-2-13(18)12-20-10-5-9-16-14(19)7-11-21-22-15-6-3-4-8-17-15;1-8(2)12(9(3)4)14(10)13-7-5-6-11;3-1-2-4/h7-10,13-16,27-29,34H,6,11-12,17,19-26H2,1-5H3,(H,38,41)(H,39,42);3-6,8-11,20,25,30H,2,7,12-19H2,1H3,(H,28,31)(H,29,32);3-4,6,8,13,18H,2,5,7,9-12H2,1H3,(H,16,19);8-9H,5,7H2,1-4H3;4H,1-3H2. The molecule has 0 aliphatic heterocycles. The molecule has 2 aliphatic rings. The summed E-state index contributed by atoms with van der Waals surface area (Å²) < 4.78 is 49.7. The number of rotatable bonds is 59. The Morgan fingerprint density at radius 3 is 1.23 bits per heavy atom. The summed E-state index contributed by atoms with van der Waals surface area (Å²) >= 11 is 9.93. The number of ether oxygens (including phenoxy) is 5. The van der Waals surface area contributed by atoms with Crippen LogP contribution in [-0.4, -0.2) is 237 Å². The molecular weight excluding hydrogens is 1780 g/mol. The van der Waals surface area contributed by atoms with Crippen LogP contribution in [0.5, 0.6) is 0 Å². The van der Waals surface area contributed by atoms with Crippen molar-refractivity contribution in [2.75, 3.05) is 140 Å². The van der Waals surface area contributed by atoms with Gasteiger partial charge >= 0.3 is 12.2 Å². The fraction of sp³-hybridized carbons (Fsp3) is 0.596. The number of nitrogens with zero attached hydrogens (tertiary/aromatic N) is 5. The number of nitrogens with two attached hydrogens (primary N) is 1. The molecular formula is C89H138ClN11O15P2S7. The lowest BCUT2D eigenvalue weighted by atomic mass is 9.98. The Balaban J connectivity index is 0.000000461. The number of carbonyl (C=O) groups is 5. The zero-order chi connectivity index (χ0) is 91.6. The molecule has 5 unspecified atom stereocenters. The molecule has 26 nitrogen and oxygen atoms in total. The maximum atomic E-state index is 12.3. The van der Waals surface area contributed by atoms with Gasteiger partial charge in [-0.1, -0.05) is 178 Å². The number of aliphatic hydroxyl groups excluding tert-OH is 2. The van der Waals surface area contributed by atoms with Crippen molar-refractivity contribution in [1.29, 1.82) is 10.5 Å². The quantitative estimate of drug-likeness (QED) is 0.00755. The van der Waals surface area contributed by atoms with Crippen molar-refractivity contribution < 1.29 is 71.4 Å². The van der Waals surface area contributed by atoms with Crippen LogP contribution < -0.4 is 32.3 Å². The number of benzene rings is 4. The number of alkyl carbamates (subject to hydrolysis) is 2. The van der Waals surface area contributed by atoms with E-state index in [1.165, 1.54) is 44.5 Å². The molecule has 0 bridgehead atoms. The molecule has 4 aromatic carbocycles. The highest BCUT2D eigenvalue weighted by Crippen LogP contribution is 2.51. The summed E-state index contributed by atoms with van der Waals surface area (Å²) in [6, 6.07) is 44.3. The van der Waals surface area contributed by atoms with Crippen LogP contribution in [0.25, 0.3) is 22.3 Å². The number of nitrogens with one attached hydrogen (secondary N) is 5. The van der Waals surface area contributed by atoms with Crippen LogP contribution in [0.4, 0.5) is 9.59 Å². The van der Waals surface area contributed by atoms with Crippen LogP contribution >= 0.6 is 105 Å². The van der Waals surface area contributed by atoms with Gasteiger partial charge in [-0.15, -0.1) is 0 Å². The SMILES string of the molecule is CC(C)N(C(C)C)P(Cl)OCCC#N.CCC(COCCCNC(=O)CCSSCCNC(=O)OCC1c2ccccc2-c2ccccc21)OP(OCCC#N)N(C(C)C)C(C)C.CCC(O)COCCCNC(=O)CCSSCCNC(=O)OCC1c2ccccc2-c2ccccc21.CCC(O)COCCCNC(=O)CCSSc1ccccn1.NCCS. The minimum Gasteiger partial charge on any atom is -0.449 e. The van der Waals surface area contributed by atoms with Crippen LogP contribution in [0.2, 0.25) is 0 Å². The molecule has 9 N–H and O–H groups in total. The molecule has 0 saturated heterocycles. The van der Waals surface area contributed by atoms with E-state index in [2.05, 4.69) is 170 Å². The van der Waals surface area contributed by atoms with Gasteiger partial charge in [0.1, 0.15) is 18.2 Å². The second-order valence-electron chi connectivity index (χ2n) is 29.3. The van der Waals surface area contributed by atoms with E-state index in [4.69, 9.17) is 64.8 Å². The van der Waals surface area contributed by atoms with Crippen molar-refractivity contribution in [3.05, 3.63) is 144 Å². The van der Waals surface area contributed by atoms with E-state index < -0.39 is 34.5 Å². The van der Waals surface area contributed by atoms with Crippen molar-refractivity contribution >= 4 is 135 Å². The molecule has 0 spiro atoms. The van der Waals surface area contributed by atoms with E-state index >= 15 is 0 Å². The fourth-order valence-electron chi connectivity index (χ4n) is 12.0. The number of nitriles is 2. The van der Waals surface area contributed by atoms with Crippen LogP contribution in [0, 0.1) is 22.7 Å². The van der Waals surface area contributed by atoms with Crippen LogP contribution in [0.3, 0.4) is 0 Å². The highest BCUT2D eigenvalue weighted by Gasteiger charge is 2.33. The van der Waals surface area contributed by atoms with E-state index in [0.717, 1.165) is 47.3 Å². The number of pyridine rings is 1. The molecule has 2 aliphatic carbocycles. The molecule has 36 heteroatoms. The highest BCUT2D eigenvalue weighted by molar-refractivity contribution is 8.77. The maximum Gasteiger partial charge on any atom is 0.407 e. The van der Waals surface area contributed by atoms with Gasteiger partial charge in [-0.2, -0.15) is 23.2 Å². The summed E-state index contributed by atoms with van der Waals surface area (Å²) in [5, 5.41) is 51.3. The number of hydrogen-bond acceptors (Lipinski definition) is 28.